The Hall–Kier alpha value is -1.66. The van der Waals surface area contributed by atoms with Crippen LogP contribution in [0.25, 0.3) is 0 Å². The lowest BCUT2D eigenvalue weighted by atomic mass is 9.89. The number of piperidine rings is 2. The van der Waals surface area contributed by atoms with Crippen LogP contribution in [0.3, 0.4) is 0 Å². The highest BCUT2D eigenvalue weighted by molar-refractivity contribution is 6.42. The molecule has 1 atom stereocenters. The molecule has 1 amide bonds. The van der Waals surface area contributed by atoms with E-state index in [9.17, 15) is 4.79 Å². The average Bonchev–Trinajstić information content (AvgIpc) is 2.82. The number of carbonyl (C=O) groups is 1. The fourth-order valence-corrected chi connectivity index (χ4v) is 4.89. The average molecular weight is 514 g/mol. The number of carbonyl (C=O) groups excluding carboxylic acids is 1. The van der Waals surface area contributed by atoms with Crippen LogP contribution in [-0.4, -0.2) is 50.7 Å². The van der Waals surface area contributed by atoms with Gasteiger partial charge in [0.1, 0.15) is 6.61 Å². The number of methoxy groups -OCH3 is 1. The Labute approximate surface area is 212 Å². The predicted octanol–water partition coefficient (Wildman–Crippen LogP) is 6.20. The first kappa shape index (κ1) is 26.0. The van der Waals surface area contributed by atoms with Crippen LogP contribution in [-0.2, 0) is 4.79 Å². The fourth-order valence-electron chi connectivity index (χ4n) is 4.58. The number of hydrogen-bond acceptors (Lipinski definition) is 4. The van der Waals surface area contributed by atoms with Crippen LogP contribution in [0.5, 0.6) is 11.5 Å². The summed E-state index contributed by atoms with van der Waals surface area (Å²) in [6.07, 6.45) is 5.54. The number of anilines is 1. The summed E-state index contributed by atoms with van der Waals surface area (Å²) in [6.45, 7) is 4.45. The zero-order valence-corrected chi connectivity index (χ0v) is 21.2. The highest BCUT2D eigenvalue weighted by Crippen LogP contribution is 2.37. The van der Waals surface area contributed by atoms with Crippen LogP contribution in [0.1, 0.15) is 43.6 Å². The monoisotopic (exact) mass is 512 g/mol. The molecule has 2 saturated heterocycles. The lowest BCUT2D eigenvalue weighted by Crippen LogP contribution is -2.40. The van der Waals surface area contributed by atoms with Gasteiger partial charge in [-0.15, -0.1) is 12.4 Å². The van der Waals surface area contributed by atoms with E-state index < -0.39 is 0 Å². The molecule has 180 valence electrons. The van der Waals surface area contributed by atoms with Crippen molar-refractivity contribution in [2.75, 3.05) is 44.8 Å². The van der Waals surface area contributed by atoms with Crippen LogP contribution < -0.4 is 14.4 Å². The lowest BCUT2D eigenvalue weighted by molar-refractivity contribution is -0.121. The van der Waals surface area contributed by atoms with Crippen LogP contribution in [0, 0.1) is 0 Å². The molecule has 0 N–H and O–H groups in total. The Morgan fingerprint density at radius 1 is 0.939 bits per heavy atom. The standard InChI is InChI=1S/C25H30Cl2N2O3.ClH/c1-31-23-10-8-19(17-24(23)32-15-14-28-11-3-2-4-12-28)29-13-5-6-20(25(29)30)18-7-9-21(26)22(27)16-18;/h7-10,16-17,20H,2-6,11-15H2,1H3;1H. The number of rotatable bonds is 7. The number of hydrogen-bond donors (Lipinski definition) is 0. The van der Waals surface area contributed by atoms with Crippen molar-refractivity contribution >= 4 is 47.2 Å². The Bertz CT molecular complexity index is 950. The van der Waals surface area contributed by atoms with Gasteiger partial charge in [-0.3, -0.25) is 9.69 Å². The Morgan fingerprint density at radius 3 is 2.45 bits per heavy atom. The first-order valence-electron chi connectivity index (χ1n) is 11.4. The van der Waals surface area contributed by atoms with Crippen molar-refractivity contribution in [2.24, 2.45) is 0 Å². The van der Waals surface area contributed by atoms with E-state index in [2.05, 4.69) is 4.90 Å². The number of halogens is 3. The molecule has 0 saturated carbocycles. The topological polar surface area (TPSA) is 42.0 Å². The minimum atomic E-state index is -0.232. The predicted molar refractivity (Wildman–Crippen MR) is 137 cm³/mol. The van der Waals surface area contributed by atoms with Crippen molar-refractivity contribution in [2.45, 2.75) is 38.0 Å². The quantitative estimate of drug-likeness (QED) is 0.442. The molecule has 2 aromatic carbocycles. The van der Waals surface area contributed by atoms with E-state index in [4.69, 9.17) is 32.7 Å². The van der Waals surface area contributed by atoms with Gasteiger partial charge in [-0.05, 0) is 68.6 Å². The maximum absolute atomic E-state index is 13.4. The Morgan fingerprint density at radius 2 is 1.73 bits per heavy atom. The molecule has 5 nitrogen and oxygen atoms in total. The largest absolute Gasteiger partial charge is 0.493 e. The van der Waals surface area contributed by atoms with Gasteiger partial charge >= 0.3 is 0 Å². The molecule has 0 radical (unpaired) electrons. The van der Waals surface area contributed by atoms with E-state index in [1.807, 2.05) is 29.2 Å². The van der Waals surface area contributed by atoms with E-state index in [0.717, 1.165) is 43.7 Å². The molecule has 2 aliphatic rings. The van der Waals surface area contributed by atoms with Gasteiger partial charge < -0.3 is 14.4 Å². The van der Waals surface area contributed by atoms with Gasteiger partial charge in [0.25, 0.3) is 0 Å². The van der Waals surface area contributed by atoms with E-state index >= 15 is 0 Å². The number of likely N-dealkylation sites (tertiary alicyclic amines) is 1. The number of amides is 1. The summed E-state index contributed by atoms with van der Waals surface area (Å²) < 4.78 is 11.6. The van der Waals surface area contributed by atoms with E-state index in [0.29, 0.717) is 34.7 Å². The summed E-state index contributed by atoms with van der Waals surface area (Å²) in [6, 6.07) is 11.2. The second-order valence-electron chi connectivity index (χ2n) is 8.44. The number of ether oxygens (including phenoxy) is 2. The summed E-state index contributed by atoms with van der Waals surface area (Å²) in [5.74, 6) is 1.19. The van der Waals surface area contributed by atoms with E-state index in [1.54, 1.807) is 19.2 Å². The van der Waals surface area contributed by atoms with E-state index in [1.165, 1.54) is 19.3 Å². The summed E-state index contributed by atoms with van der Waals surface area (Å²) in [7, 11) is 1.64. The van der Waals surface area contributed by atoms with Gasteiger partial charge in [0.05, 0.1) is 23.1 Å². The molecule has 2 aliphatic heterocycles. The molecular weight excluding hydrogens is 483 g/mol. The maximum Gasteiger partial charge on any atom is 0.234 e. The van der Waals surface area contributed by atoms with Gasteiger partial charge in [0.15, 0.2) is 11.5 Å². The van der Waals surface area contributed by atoms with Gasteiger partial charge in [0.2, 0.25) is 5.91 Å². The van der Waals surface area contributed by atoms with Gasteiger partial charge in [-0.2, -0.15) is 0 Å². The van der Waals surface area contributed by atoms with Crippen molar-refractivity contribution in [1.82, 2.24) is 4.90 Å². The zero-order valence-electron chi connectivity index (χ0n) is 18.9. The minimum absolute atomic E-state index is 0. The van der Waals surface area contributed by atoms with Crippen LogP contribution in [0.15, 0.2) is 36.4 Å². The van der Waals surface area contributed by atoms with Crippen molar-refractivity contribution in [3.05, 3.63) is 52.0 Å². The van der Waals surface area contributed by atoms with Crippen molar-refractivity contribution in [1.29, 1.82) is 0 Å². The SMILES string of the molecule is COc1ccc(N2CCCC(c3ccc(Cl)c(Cl)c3)C2=O)cc1OCCN1CCCCC1.Cl. The van der Waals surface area contributed by atoms with Crippen molar-refractivity contribution < 1.29 is 14.3 Å². The smallest absolute Gasteiger partial charge is 0.234 e. The molecule has 0 spiro atoms. The summed E-state index contributed by atoms with van der Waals surface area (Å²) in [5.41, 5.74) is 1.73. The lowest BCUT2D eigenvalue weighted by Gasteiger charge is -2.33. The highest BCUT2D eigenvalue weighted by Gasteiger charge is 2.31. The Balaban J connectivity index is 0.00000306. The second-order valence-corrected chi connectivity index (χ2v) is 9.26. The molecule has 33 heavy (non-hydrogen) atoms. The molecular formula is C25H31Cl3N2O3. The van der Waals surface area contributed by atoms with Gasteiger partial charge in [-0.1, -0.05) is 35.7 Å². The molecule has 2 heterocycles. The third kappa shape index (κ3) is 6.27. The van der Waals surface area contributed by atoms with E-state index in [-0.39, 0.29) is 24.2 Å². The van der Waals surface area contributed by atoms with Crippen LogP contribution >= 0.6 is 35.6 Å². The van der Waals surface area contributed by atoms with Crippen molar-refractivity contribution in [3.8, 4) is 11.5 Å². The molecule has 1 unspecified atom stereocenters. The summed E-state index contributed by atoms with van der Waals surface area (Å²) in [4.78, 5) is 17.7. The first-order chi connectivity index (χ1) is 15.6. The van der Waals surface area contributed by atoms with Crippen LogP contribution in [0.4, 0.5) is 5.69 Å². The molecule has 0 aromatic heterocycles. The highest BCUT2D eigenvalue weighted by atomic mass is 35.5. The minimum Gasteiger partial charge on any atom is -0.493 e. The van der Waals surface area contributed by atoms with Gasteiger partial charge in [0, 0.05) is 24.8 Å². The normalized spacial score (nSPS) is 19.2. The first-order valence-corrected chi connectivity index (χ1v) is 12.1. The molecule has 8 heteroatoms. The summed E-state index contributed by atoms with van der Waals surface area (Å²) in [5, 5.41) is 0.972. The molecule has 0 aliphatic carbocycles. The second kappa shape index (κ2) is 12.2. The van der Waals surface area contributed by atoms with Gasteiger partial charge in [-0.25, -0.2) is 0 Å². The molecule has 4 rings (SSSR count). The zero-order chi connectivity index (χ0) is 22.5. The summed E-state index contributed by atoms with van der Waals surface area (Å²) >= 11 is 12.3. The molecule has 2 fully saturated rings. The third-order valence-electron chi connectivity index (χ3n) is 6.36. The third-order valence-corrected chi connectivity index (χ3v) is 7.10. The number of nitrogens with zero attached hydrogens (tertiary/aromatic N) is 2. The maximum atomic E-state index is 13.4. The Kier molecular flexibility index (Phi) is 9.57. The number of benzene rings is 2. The molecule has 2 aromatic rings. The molecule has 0 bridgehead atoms. The van der Waals surface area contributed by atoms with Crippen molar-refractivity contribution in [3.63, 3.8) is 0 Å². The van der Waals surface area contributed by atoms with Crippen LogP contribution in [0.2, 0.25) is 10.0 Å². The fraction of sp³-hybridized carbons (Fsp3) is 0.480.